The van der Waals surface area contributed by atoms with Crippen molar-refractivity contribution in [2.75, 3.05) is 62.2 Å². The first-order chi connectivity index (χ1) is 26.2. The Morgan fingerprint density at radius 2 is 0.875 bits per heavy atom. The molecule has 5 amide bonds. The van der Waals surface area contributed by atoms with Gasteiger partial charge in [0.15, 0.2) is 6.29 Å². The third-order valence-corrected chi connectivity index (χ3v) is 9.85. The number of hydrogen-bond acceptors (Lipinski definition) is 13. The van der Waals surface area contributed by atoms with Crippen molar-refractivity contribution in [1.29, 1.82) is 0 Å². The Balaban J connectivity index is 2.75. The van der Waals surface area contributed by atoms with Crippen LogP contribution in [0.25, 0.3) is 0 Å². The molecule has 0 aliphatic carbocycles. The Bertz CT molecular complexity index is 1760. The second kappa shape index (κ2) is 20.9. The maximum absolute atomic E-state index is 13.7. The van der Waals surface area contributed by atoms with Crippen molar-refractivity contribution >= 4 is 47.2 Å². The van der Waals surface area contributed by atoms with Crippen LogP contribution < -0.4 is 60.2 Å². The highest BCUT2D eigenvalue weighted by atomic mass is 16.3. The van der Waals surface area contributed by atoms with Crippen molar-refractivity contribution in [2.24, 2.45) is 34.4 Å². The fraction of sp³-hybridized carbons (Fsp3) is 0.526. The molecule has 0 radical (unpaired) electrons. The standard InChI is InChI=1S/C38H61N11O7/c1-18-30(17-50)19(2)34(21(4)31(18)36(54)45-12-26(42)9-39)48(24(7)51)15-29(53)16-49(25(8)52)35-22(5)32(37(55)46-13-27(43)10-40)20(3)33(23(35)6)38(56)47-14-28(44)11-41/h17,26-29,53H,9-16,39-44H2,1-8H3,(H,45,54)(H,46,55)(H,47,56). The van der Waals surface area contributed by atoms with E-state index in [0.717, 1.165) is 0 Å². The largest absolute Gasteiger partial charge is 0.389 e. The number of nitrogens with two attached hydrogens (primary N) is 6. The summed E-state index contributed by atoms with van der Waals surface area (Å²) in [5, 5.41) is 19.9. The third kappa shape index (κ3) is 10.9. The zero-order chi connectivity index (χ0) is 42.8. The second-order valence-corrected chi connectivity index (χ2v) is 14.1. The van der Waals surface area contributed by atoms with Crippen LogP contribution in [0.2, 0.25) is 0 Å². The van der Waals surface area contributed by atoms with Gasteiger partial charge < -0.3 is 65.3 Å². The summed E-state index contributed by atoms with van der Waals surface area (Å²) < 4.78 is 0. The molecule has 2 aromatic carbocycles. The number of anilines is 2. The van der Waals surface area contributed by atoms with Gasteiger partial charge in [0, 0.05) is 93.5 Å². The number of nitrogens with one attached hydrogen (secondary N) is 3. The molecule has 0 fully saturated rings. The van der Waals surface area contributed by atoms with Gasteiger partial charge in [0.05, 0.1) is 30.6 Å². The monoisotopic (exact) mass is 783 g/mol. The van der Waals surface area contributed by atoms with Crippen LogP contribution in [0.15, 0.2) is 0 Å². The van der Waals surface area contributed by atoms with E-state index in [9.17, 15) is 33.9 Å². The van der Waals surface area contributed by atoms with Crippen LogP contribution in [0.5, 0.6) is 0 Å². The number of hydrogen-bond donors (Lipinski definition) is 10. The molecule has 310 valence electrons. The van der Waals surface area contributed by atoms with Crippen LogP contribution in [0.4, 0.5) is 11.4 Å². The molecule has 2 rings (SSSR count). The van der Waals surface area contributed by atoms with Gasteiger partial charge in [-0.2, -0.15) is 0 Å². The summed E-state index contributed by atoms with van der Waals surface area (Å²) in [6.07, 6.45) is -0.831. The van der Waals surface area contributed by atoms with E-state index < -0.39 is 60.3 Å². The molecule has 0 spiro atoms. The minimum Gasteiger partial charge on any atom is -0.389 e. The number of carbonyl (C=O) groups is 6. The van der Waals surface area contributed by atoms with Crippen molar-refractivity contribution in [3.8, 4) is 0 Å². The molecule has 0 heterocycles. The molecular formula is C38H61N11O7. The summed E-state index contributed by atoms with van der Waals surface area (Å²) in [6.45, 7) is 12.0. The van der Waals surface area contributed by atoms with Crippen LogP contribution in [0.1, 0.15) is 88.7 Å². The molecule has 0 aromatic heterocycles. The van der Waals surface area contributed by atoms with E-state index >= 15 is 0 Å². The molecule has 56 heavy (non-hydrogen) atoms. The van der Waals surface area contributed by atoms with Crippen LogP contribution in [0, 0.1) is 41.5 Å². The van der Waals surface area contributed by atoms with Crippen LogP contribution in [0.3, 0.4) is 0 Å². The molecule has 2 aromatic rings. The fourth-order valence-electron chi connectivity index (χ4n) is 6.86. The normalized spacial score (nSPS) is 13.3. The number of aliphatic hydroxyl groups excluding tert-OH is 1. The van der Waals surface area contributed by atoms with Crippen molar-refractivity contribution in [1.82, 2.24) is 16.0 Å². The number of amides is 5. The third-order valence-electron chi connectivity index (χ3n) is 9.85. The molecule has 16 N–H and O–H groups in total. The first-order valence-corrected chi connectivity index (χ1v) is 18.4. The van der Waals surface area contributed by atoms with Gasteiger partial charge in [0.1, 0.15) is 0 Å². The molecule has 18 heteroatoms. The average molecular weight is 784 g/mol. The van der Waals surface area contributed by atoms with E-state index in [1.54, 1.807) is 41.5 Å². The zero-order valence-corrected chi connectivity index (χ0v) is 33.8. The van der Waals surface area contributed by atoms with Gasteiger partial charge >= 0.3 is 0 Å². The van der Waals surface area contributed by atoms with Gasteiger partial charge in [0.2, 0.25) is 11.8 Å². The maximum atomic E-state index is 13.7. The summed E-state index contributed by atoms with van der Waals surface area (Å²) in [5.74, 6) is -2.72. The first kappa shape index (κ1) is 47.3. The second-order valence-electron chi connectivity index (χ2n) is 14.1. The molecule has 4 atom stereocenters. The number of aldehydes is 1. The first-order valence-electron chi connectivity index (χ1n) is 18.4. The average Bonchev–Trinajstić information content (AvgIpc) is 3.13. The van der Waals surface area contributed by atoms with E-state index in [1.165, 1.54) is 23.6 Å². The van der Waals surface area contributed by atoms with E-state index in [-0.39, 0.29) is 79.4 Å². The molecule has 18 nitrogen and oxygen atoms in total. The predicted octanol–water partition coefficient (Wildman–Crippen LogP) is -1.84. The predicted molar refractivity (Wildman–Crippen MR) is 217 cm³/mol. The SMILES string of the molecule is CC(=O)N(CC(O)CN(C(C)=O)c1c(C)c(C(=O)NCC(N)CN)c(C)c(C(=O)NCC(N)CN)c1C)c1c(C)c(C=O)c(C)c(C(=O)NCC(N)CN)c1C. The summed E-state index contributed by atoms with van der Waals surface area (Å²) in [5.41, 5.74) is 37.9. The highest BCUT2D eigenvalue weighted by Gasteiger charge is 2.32. The molecule has 0 bridgehead atoms. The van der Waals surface area contributed by atoms with E-state index in [1.807, 2.05) is 0 Å². The fourth-order valence-corrected chi connectivity index (χ4v) is 6.86. The van der Waals surface area contributed by atoms with Crippen molar-refractivity contribution in [3.63, 3.8) is 0 Å². The highest BCUT2D eigenvalue weighted by Crippen LogP contribution is 2.36. The molecule has 4 unspecified atom stereocenters. The Morgan fingerprint density at radius 3 is 1.16 bits per heavy atom. The van der Waals surface area contributed by atoms with Crippen LogP contribution in [-0.2, 0) is 9.59 Å². The van der Waals surface area contributed by atoms with Gasteiger partial charge in [-0.3, -0.25) is 28.8 Å². The van der Waals surface area contributed by atoms with E-state index in [2.05, 4.69) is 16.0 Å². The maximum Gasteiger partial charge on any atom is 0.251 e. The quantitative estimate of drug-likeness (QED) is 0.0702. The van der Waals surface area contributed by atoms with Gasteiger partial charge in [-0.1, -0.05) is 0 Å². The van der Waals surface area contributed by atoms with Crippen LogP contribution in [-0.4, -0.2) is 118 Å². The summed E-state index contributed by atoms with van der Waals surface area (Å²) in [6, 6.07) is -1.59. The van der Waals surface area contributed by atoms with Crippen molar-refractivity contribution in [2.45, 2.75) is 79.6 Å². The Labute approximate surface area is 328 Å². The van der Waals surface area contributed by atoms with Gasteiger partial charge in [-0.15, -0.1) is 0 Å². The van der Waals surface area contributed by atoms with Gasteiger partial charge in [-0.25, -0.2) is 0 Å². The minimum atomic E-state index is -1.43. The smallest absolute Gasteiger partial charge is 0.251 e. The molecule has 0 aliphatic heterocycles. The van der Waals surface area contributed by atoms with E-state index in [0.29, 0.717) is 39.7 Å². The summed E-state index contributed by atoms with van der Waals surface area (Å²) in [4.78, 5) is 82.5. The molecule has 0 saturated carbocycles. The van der Waals surface area contributed by atoms with Crippen molar-refractivity contribution in [3.05, 3.63) is 55.6 Å². The number of carbonyl (C=O) groups excluding carboxylic acids is 6. The molecule has 0 aliphatic rings. The van der Waals surface area contributed by atoms with Gasteiger partial charge in [-0.05, 0) is 74.9 Å². The summed E-state index contributed by atoms with van der Waals surface area (Å²) >= 11 is 0. The Kier molecular flexibility index (Phi) is 17.7. The van der Waals surface area contributed by atoms with Crippen LogP contribution >= 0.6 is 0 Å². The molecule has 0 saturated heterocycles. The van der Waals surface area contributed by atoms with Gasteiger partial charge in [0.25, 0.3) is 17.7 Å². The summed E-state index contributed by atoms with van der Waals surface area (Å²) in [7, 11) is 0. The minimum absolute atomic E-state index is 0.0363. The van der Waals surface area contributed by atoms with Crippen molar-refractivity contribution < 1.29 is 33.9 Å². The number of aliphatic hydroxyl groups is 1. The number of rotatable bonds is 19. The lowest BCUT2D eigenvalue weighted by atomic mass is 9.89. The zero-order valence-electron chi connectivity index (χ0n) is 33.8. The lowest BCUT2D eigenvalue weighted by Crippen LogP contribution is -2.46. The number of nitrogens with zero attached hydrogens (tertiary/aromatic N) is 2. The topological polar surface area (TPSA) is 321 Å². The Hall–Kier alpha value is -4.82. The lowest BCUT2D eigenvalue weighted by Gasteiger charge is -2.33. The number of benzene rings is 2. The molecular weight excluding hydrogens is 722 g/mol. The van der Waals surface area contributed by atoms with E-state index in [4.69, 9.17) is 34.4 Å². The Morgan fingerprint density at radius 1 is 0.571 bits per heavy atom. The lowest BCUT2D eigenvalue weighted by molar-refractivity contribution is -0.117. The highest BCUT2D eigenvalue weighted by molar-refractivity contribution is 6.08.